The van der Waals surface area contributed by atoms with Crippen molar-refractivity contribution in [2.24, 2.45) is 0 Å². The summed E-state index contributed by atoms with van der Waals surface area (Å²) in [5.41, 5.74) is 2.59. The highest BCUT2D eigenvalue weighted by Gasteiger charge is 2.20. The van der Waals surface area contributed by atoms with Crippen LogP contribution in [0.4, 0.5) is 10.2 Å². The summed E-state index contributed by atoms with van der Waals surface area (Å²) in [7, 11) is 0. The van der Waals surface area contributed by atoms with E-state index in [-0.39, 0.29) is 24.8 Å². The first-order chi connectivity index (χ1) is 8.83. The summed E-state index contributed by atoms with van der Waals surface area (Å²) in [6.07, 6.45) is 2.73. The van der Waals surface area contributed by atoms with Crippen LogP contribution in [0.3, 0.4) is 0 Å². The third-order valence-electron chi connectivity index (χ3n) is 3.91. The maximum Gasteiger partial charge on any atom is 0.128 e. The molecule has 0 atom stereocenters. The van der Waals surface area contributed by atoms with Gasteiger partial charge in [0.05, 0.1) is 0 Å². The van der Waals surface area contributed by atoms with Crippen molar-refractivity contribution in [2.75, 3.05) is 31.1 Å². The Morgan fingerprint density at radius 2 is 1.80 bits per heavy atom. The molecule has 0 unspecified atom stereocenters. The summed E-state index contributed by atoms with van der Waals surface area (Å²) < 4.78 is 13.1. The minimum atomic E-state index is -0.619. The lowest BCUT2D eigenvalue weighted by molar-refractivity contribution is 0.276. The summed E-state index contributed by atoms with van der Waals surface area (Å²) in [6.45, 7) is 3.65. The fourth-order valence-electron chi connectivity index (χ4n) is 2.77. The Morgan fingerprint density at radius 3 is 2.55 bits per heavy atom. The molecule has 0 saturated carbocycles. The second-order valence-electron chi connectivity index (χ2n) is 5.19. The van der Waals surface area contributed by atoms with Gasteiger partial charge in [0.1, 0.15) is 12.0 Å². The molecule has 1 N–H and O–H groups in total. The lowest BCUT2D eigenvalue weighted by atomic mass is 10.1. The maximum absolute atomic E-state index is 13.1. The zero-order chi connectivity index (χ0) is 12.4. The zero-order valence-corrected chi connectivity index (χ0v) is 13.1. The topological polar surface area (TPSA) is 28.2 Å². The smallest absolute Gasteiger partial charge is 0.128 e. The Hall–Kier alpha value is -0.580. The summed E-state index contributed by atoms with van der Waals surface area (Å²) in [6, 6.07) is 4.30. The van der Waals surface area contributed by atoms with Crippen LogP contribution >= 0.6 is 24.8 Å². The molecule has 1 aromatic heterocycles. The number of hydrogen-bond acceptors (Lipinski definition) is 3. The minimum absolute atomic E-state index is 0. The minimum Gasteiger partial charge on any atom is -0.356 e. The fraction of sp³-hybridized carbons (Fsp3) is 0.643. The van der Waals surface area contributed by atoms with Gasteiger partial charge in [0, 0.05) is 31.7 Å². The number of nitrogens with zero attached hydrogens (tertiary/aromatic N) is 2. The quantitative estimate of drug-likeness (QED) is 0.861. The second-order valence-corrected chi connectivity index (χ2v) is 5.19. The van der Waals surface area contributed by atoms with E-state index >= 15 is 0 Å². The monoisotopic (exact) mass is 321 g/mol. The van der Waals surface area contributed by atoms with Gasteiger partial charge in [-0.3, -0.25) is 0 Å². The number of alkyl halides is 1. The summed E-state index contributed by atoms with van der Waals surface area (Å²) in [4.78, 5) is 7.00. The van der Waals surface area contributed by atoms with Gasteiger partial charge in [-0.1, -0.05) is 6.07 Å². The van der Waals surface area contributed by atoms with Crippen LogP contribution in [0.2, 0.25) is 0 Å². The number of halogens is 3. The molecule has 0 spiro atoms. The van der Waals surface area contributed by atoms with Crippen LogP contribution in [0, 0.1) is 0 Å². The van der Waals surface area contributed by atoms with Crippen molar-refractivity contribution in [1.29, 1.82) is 0 Å². The Morgan fingerprint density at radius 1 is 1.10 bits per heavy atom. The summed E-state index contributed by atoms with van der Waals surface area (Å²) >= 11 is 0. The third kappa shape index (κ3) is 3.96. The summed E-state index contributed by atoms with van der Waals surface area (Å²) in [5.74, 6) is 1.03. The molecule has 1 aromatic rings. The predicted molar refractivity (Wildman–Crippen MR) is 85.4 cm³/mol. The van der Waals surface area contributed by atoms with Gasteiger partial charge in [0.2, 0.25) is 0 Å². The highest BCUT2D eigenvalue weighted by molar-refractivity contribution is 5.85. The first-order valence-corrected chi connectivity index (χ1v) is 6.91. The Bertz CT molecular complexity index is 423. The molecular formula is C14H22Cl2FN3. The molecule has 3 heterocycles. The van der Waals surface area contributed by atoms with E-state index in [0.29, 0.717) is 12.8 Å². The van der Waals surface area contributed by atoms with E-state index < -0.39 is 6.17 Å². The van der Waals surface area contributed by atoms with Gasteiger partial charge in [-0.25, -0.2) is 9.37 Å². The second kappa shape index (κ2) is 8.01. The number of aromatic nitrogens is 1. The van der Waals surface area contributed by atoms with E-state index in [4.69, 9.17) is 4.98 Å². The lowest BCUT2D eigenvalue weighted by Gasteiger charge is -2.30. The molecule has 6 heteroatoms. The van der Waals surface area contributed by atoms with Gasteiger partial charge < -0.3 is 10.2 Å². The van der Waals surface area contributed by atoms with Crippen molar-refractivity contribution in [3.63, 3.8) is 0 Å². The van der Waals surface area contributed by atoms with Gasteiger partial charge in [-0.2, -0.15) is 0 Å². The molecule has 2 aliphatic rings. The van der Waals surface area contributed by atoms with E-state index in [0.717, 1.165) is 44.8 Å². The van der Waals surface area contributed by atoms with Crippen LogP contribution in [0.1, 0.15) is 24.1 Å². The first kappa shape index (κ1) is 17.5. The number of hydrogen-bond donors (Lipinski definition) is 1. The van der Waals surface area contributed by atoms with Crippen molar-refractivity contribution in [1.82, 2.24) is 10.3 Å². The standard InChI is InChI=1S/C14H20FN3.2ClH/c15-12-5-9-18(10-6-12)14-2-1-11-3-7-16-8-4-13(11)17-14;;/h1-2,12,16H,3-10H2;2*1H. The van der Waals surface area contributed by atoms with Gasteiger partial charge in [-0.05, 0) is 37.4 Å². The average molecular weight is 322 g/mol. The van der Waals surface area contributed by atoms with Gasteiger partial charge in [-0.15, -0.1) is 24.8 Å². The normalized spacial score (nSPS) is 19.4. The molecule has 0 bridgehead atoms. The van der Waals surface area contributed by atoms with Crippen molar-refractivity contribution < 1.29 is 4.39 Å². The number of rotatable bonds is 1. The van der Waals surface area contributed by atoms with E-state index in [1.165, 1.54) is 11.3 Å². The number of anilines is 1. The molecule has 0 aliphatic carbocycles. The molecule has 0 aromatic carbocycles. The van der Waals surface area contributed by atoms with Crippen LogP contribution < -0.4 is 10.2 Å². The highest BCUT2D eigenvalue weighted by Crippen LogP contribution is 2.22. The fourth-order valence-corrected chi connectivity index (χ4v) is 2.77. The lowest BCUT2D eigenvalue weighted by Crippen LogP contribution is -2.35. The Labute approximate surface area is 132 Å². The van der Waals surface area contributed by atoms with Gasteiger partial charge in [0.15, 0.2) is 0 Å². The van der Waals surface area contributed by atoms with Crippen molar-refractivity contribution in [3.8, 4) is 0 Å². The molecule has 2 aliphatic heterocycles. The molecular weight excluding hydrogens is 300 g/mol. The van der Waals surface area contributed by atoms with Crippen LogP contribution in [0.15, 0.2) is 12.1 Å². The Balaban J connectivity index is 0.000001000. The van der Waals surface area contributed by atoms with Crippen molar-refractivity contribution in [2.45, 2.75) is 31.9 Å². The predicted octanol–water partition coefficient (Wildman–Crippen LogP) is 2.55. The van der Waals surface area contributed by atoms with Crippen LogP contribution in [-0.4, -0.2) is 37.3 Å². The van der Waals surface area contributed by atoms with Crippen LogP contribution in [-0.2, 0) is 12.8 Å². The Kier molecular flexibility index (Phi) is 7.00. The largest absolute Gasteiger partial charge is 0.356 e. The average Bonchev–Trinajstić information content (AvgIpc) is 2.64. The third-order valence-corrected chi connectivity index (χ3v) is 3.91. The van der Waals surface area contributed by atoms with E-state index in [1.807, 2.05) is 0 Å². The SMILES string of the molecule is Cl.Cl.FC1CCN(c2ccc3c(n2)CCNCC3)CC1. The molecule has 1 saturated heterocycles. The van der Waals surface area contributed by atoms with Crippen molar-refractivity contribution >= 4 is 30.6 Å². The van der Waals surface area contributed by atoms with Crippen LogP contribution in [0.5, 0.6) is 0 Å². The molecule has 3 nitrogen and oxygen atoms in total. The highest BCUT2D eigenvalue weighted by atomic mass is 35.5. The van der Waals surface area contributed by atoms with Gasteiger partial charge in [0.25, 0.3) is 0 Å². The number of nitrogens with one attached hydrogen (secondary N) is 1. The molecule has 20 heavy (non-hydrogen) atoms. The molecule has 114 valence electrons. The molecule has 3 rings (SSSR count). The zero-order valence-electron chi connectivity index (χ0n) is 11.5. The molecule has 0 radical (unpaired) electrons. The van der Waals surface area contributed by atoms with Crippen LogP contribution in [0.25, 0.3) is 0 Å². The molecule has 1 fully saturated rings. The van der Waals surface area contributed by atoms with Gasteiger partial charge >= 0.3 is 0 Å². The first-order valence-electron chi connectivity index (χ1n) is 6.91. The van der Waals surface area contributed by atoms with E-state index in [2.05, 4.69) is 22.3 Å². The molecule has 0 amide bonds. The number of pyridine rings is 1. The van der Waals surface area contributed by atoms with E-state index in [1.54, 1.807) is 0 Å². The summed E-state index contributed by atoms with van der Waals surface area (Å²) in [5, 5.41) is 3.40. The number of fused-ring (bicyclic) bond motifs is 1. The van der Waals surface area contributed by atoms with E-state index in [9.17, 15) is 4.39 Å². The number of piperidine rings is 1. The maximum atomic E-state index is 13.1. The van der Waals surface area contributed by atoms with Crippen molar-refractivity contribution in [3.05, 3.63) is 23.4 Å².